The fourth-order valence-corrected chi connectivity index (χ4v) is 1.74. The van der Waals surface area contributed by atoms with Crippen LogP contribution >= 0.6 is 10.7 Å². The van der Waals surface area contributed by atoms with Gasteiger partial charge in [0, 0.05) is 16.7 Å². The SMILES string of the molecule is Nc1cc(S(=O)(=O)Cl)nc(C(F)F)c1[N+](=O)[O-]. The number of pyridine rings is 1. The number of hydrogen-bond donors (Lipinski definition) is 1. The Bertz CT molecular complexity index is 577. The summed E-state index contributed by atoms with van der Waals surface area (Å²) in [6, 6.07) is 0.548. The van der Waals surface area contributed by atoms with Gasteiger partial charge in [-0.3, -0.25) is 10.1 Å². The second-order valence-corrected chi connectivity index (χ2v) is 5.29. The molecule has 0 bridgehead atoms. The van der Waals surface area contributed by atoms with Gasteiger partial charge < -0.3 is 5.73 Å². The Balaban J connectivity index is 3.64. The Morgan fingerprint density at radius 3 is 2.41 bits per heavy atom. The maximum atomic E-state index is 12.5. The highest BCUT2D eigenvalue weighted by molar-refractivity contribution is 8.13. The van der Waals surface area contributed by atoms with Gasteiger partial charge in [-0.25, -0.2) is 22.2 Å². The van der Waals surface area contributed by atoms with Crippen molar-refractivity contribution in [2.45, 2.75) is 11.5 Å². The summed E-state index contributed by atoms with van der Waals surface area (Å²) >= 11 is 0. The summed E-state index contributed by atoms with van der Waals surface area (Å²) in [5, 5.41) is 9.52. The average molecular weight is 288 g/mol. The lowest BCUT2D eigenvalue weighted by atomic mass is 10.2. The van der Waals surface area contributed by atoms with Crippen LogP contribution in [0.15, 0.2) is 11.1 Å². The zero-order valence-corrected chi connectivity index (χ0v) is 9.37. The molecule has 1 aromatic heterocycles. The van der Waals surface area contributed by atoms with Gasteiger partial charge in [0.2, 0.25) is 0 Å². The first-order chi connectivity index (χ1) is 7.64. The fourth-order valence-electron chi connectivity index (χ4n) is 1.03. The van der Waals surface area contributed by atoms with E-state index in [4.69, 9.17) is 16.4 Å². The molecule has 0 radical (unpaired) electrons. The van der Waals surface area contributed by atoms with Gasteiger partial charge in [-0.05, 0) is 0 Å². The molecule has 7 nitrogen and oxygen atoms in total. The molecule has 0 aliphatic heterocycles. The van der Waals surface area contributed by atoms with Gasteiger partial charge >= 0.3 is 5.69 Å². The van der Waals surface area contributed by atoms with Crippen molar-refractivity contribution in [3.05, 3.63) is 21.9 Å². The molecule has 0 fully saturated rings. The number of rotatable bonds is 3. The molecule has 0 aromatic carbocycles. The molecular formula is C6H4ClF2N3O4S. The van der Waals surface area contributed by atoms with Gasteiger partial charge in [0.15, 0.2) is 10.7 Å². The number of anilines is 1. The highest BCUT2D eigenvalue weighted by atomic mass is 35.7. The number of nitrogens with zero attached hydrogens (tertiary/aromatic N) is 2. The van der Waals surface area contributed by atoms with Crippen LogP contribution in [0.4, 0.5) is 20.2 Å². The Kier molecular flexibility index (Phi) is 3.48. The average Bonchev–Trinajstić information content (AvgIpc) is 2.13. The van der Waals surface area contributed by atoms with Gasteiger partial charge in [0.05, 0.1) is 4.92 Å². The number of nitrogens with two attached hydrogens (primary N) is 1. The van der Waals surface area contributed by atoms with Crippen molar-refractivity contribution in [3.8, 4) is 0 Å². The molecule has 0 spiro atoms. The third-order valence-electron chi connectivity index (χ3n) is 1.66. The maximum Gasteiger partial charge on any atom is 0.319 e. The zero-order chi connectivity index (χ0) is 13.4. The minimum atomic E-state index is -4.40. The summed E-state index contributed by atoms with van der Waals surface area (Å²) < 4.78 is 46.7. The number of hydrogen-bond acceptors (Lipinski definition) is 6. The van der Waals surface area contributed by atoms with E-state index in [2.05, 4.69) is 4.98 Å². The van der Waals surface area contributed by atoms with Crippen LogP contribution < -0.4 is 5.73 Å². The monoisotopic (exact) mass is 287 g/mol. The van der Waals surface area contributed by atoms with E-state index in [-0.39, 0.29) is 0 Å². The standard InChI is InChI=1S/C6H4ClF2N3O4S/c7-17(15,16)3-1-2(10)5(12(13)14)4(11-3)6(8)9/h1,6H,(H2,10,11). The molecular weight excluding hydrogens is 284 g/mol. The predicted octanol–water partition coefficient (Wildman–Crippen LogP) is 1.44. The van der Waals surface area contributed by atoms with Crippen LogP contribution in [0, 0.1) is 10.1 Å². The predicted molar refractivity (Wildman–Crippen MR) is 53.3 cm³/mol. The van der Waals surface area contributed by atoms with Crippen LogP contribution in [-0.2, 0) is 9.05 Å². The van der Waals surface area contributed by atoms with E-state index >= 15 is 0 Å². The maximum absolute atomic E-state index is 12.5. The molecule has 11 heteroatoms. The van der Waals surface area contributed by atoms with Crippen molar-refractivity contribution in [2.75, 3.05) is 5.73 Å². The molecule has 0 unspecified atom stereocenters. The summed E-state index contributed by atoms with van der Waals surface area (Å²) in [6.07, 6.45) is -3.35. The minimum Gasteiger partial charge on any atom is -0.393 e. The van der Waals surface area contributed by atoms with Crippen molar-refractivity contribution in [3.63, 3.8) is 0 Å². The van der Waals surface area contributed by atoms with Crippen molar-refractivity contribution in [1.82, 2.24) is 4.98 Å². The Hall–Kier alpha value is -1.55. The third-order valence-corrected chi connectivity index (χ3v) is 2.85. The quantitative estimate of drug-likeness (QED) is 0.511. The second-order valence-electron chi connectivity index (χ2n) is 2.78. The lowest BCUT2D eigenvalue weighted by Gasteiger charge is -2.05. The Labute approximate surface area is 97.8 Å². The van der Waals surface area contributed by atoms with E-state index in [9.17, 15) is 27.3 Å². The molecule has 0 saturated carbocycles. The molecule has 1 rings (SSSR count). The van der Waals surface area contributed by atoms with Crippen LogP contribution in [0.1, 0.15) is 12.1 Å². The van der Waals surface area contributed by atoms with E-state index in [1.54, 1.807) is 0 Å². The van der Waals surface area contributed by atoms with Crippen LogP contribution in [0.2, 0.25) is 0 Å². The van der Waals surface area contributed by atoms with Crippen molar-refractivity contribution < 1.29 is 22.1 Å². The molecule has 0 atom stereocenters. The summed E-state index contributed by atoms with van der Waals surface area (Å²) in [7, 11) is 0.480. The highest BCUT2D eigenvalue weighted by Crippen LogP contribution is 2.34. The van der Waals surface area contributed by atoms with E-state index < -0.39 is 42.5 Å². The minimum absolute atomic E-state index is 0.548. The Morgan fingerprint density at radius 2 is 2.06 bits per heavy atom. The number of halogens is 3. The van der Waals surface area contributed by atoms with Crippen LogP contribution in [-0.4, -0.2) is 18.3 Å². The van der Waals surface area contributed by atoms with Crippen molar-refractivity contribution in [2.24, 2.45) is 0 Å². The normalized spacial score (nSPS) is 11.8. The first-order valence-electron chi connectivity index (χ1n) is 3.82. The van der Waals surface area contributed by atoms with Crippen LogP contribution in [0.5, 0.6) is 0 Å². The number of alkyl halides is 2. The molecule has 0 amide bonds. The van der Waals surface area contributed by atoms with E-state index in [0.29, 0.717) is 6.07 Å². The largest absolute Gasteiger partial charge is 0.393 e. The van der Waals surface area contributed by atoms with E-state index in [0.717, 1.165) is 0 Å². The van der Waals surface area contributed by atoms with Crippen molar-refractivity contribution >= 4 is 31.1 Å². The van der Waals surface area contributed by atoms with Gasteiger partial charge in [-0.15, -0.1) is 0 Å². The third kappa shape index (κ3) is 2.77. The first kappa shape index (κ1) is 13.5. The first-order valence-corrected chi connectivity index (χ1v) is 6.13. The molecule has 94 valence electrons. The van der Waals surface area contributed by atoms with Gasteiger partial charge in [0.1, 0.15) is 5.69 Å². The van der Waals surface area contributed by atoms with Crippen molar-refractivity contribution in [1.29, 1.82) is 0 Å². The summed E-state index contributed by atoms with van der Waals surface area (Å²) in [4.78, 5) is 12.2. The topological polar surface area (TPSA) is 116 Å². The molecule has 0 aliphatic carbocycles. The summed E-state index contributed by atoms with van der Waals surface area (Å²) in [5.74, 6) is 0. The molecule has 17 heavy (non-hydrogen) atoms. The lowest BCUT2D eigenvalue weighted by molar-refractivity contribution is -0.385. The molecule has 0 saturated heterocycles. The number of nitrogen functional groups attached to an aromatic ring is 1. The second kappa shape index (κ2) is 4.37. The van der Waals surface area contributed by atoms with Crippen LogP contribution in [0.25, 0.3) is 0 Å². The smallest absolute Gasteiger partial charge is 0.319 e. The molecule has 1 aromatic rings. The number of nitro groups is 1. The highest BCUT2D eigenvalue weighted by Gasteiger charge is 2.30. The fraction of sp³-hybridized carbons (Fsp3) is 0.167. The summed E-state index contributed by atoms with van der Waals surface area (Å²) in [6.45, 7) is 0. The zero-order valence-electron chi connectivity index (χ0n) is 7.80. The van der Waals surface area contributed by atoms with Gasteiger partial charge in [-0.2, -0.15) is 0 Å². The van der Waals surface area contributed by atoms with Gasteiger partial charge in [0.25, 0.3) is 15.5 Å². The summed E-state index contributed by atoms with van der Waals surface area (Å²) in [5.41, 5.74) is 1.90. The van der Waals surface area contributed by atoms with E-state index in [1.807, 2.05) is 0 Å². The number of aromatic nitrogens is 1. The van der Waals surface area contributed by atoms with Crippen LogP contribution in [0.3, 0.4) is 0 Å². The lowest BCUT2D eigenvalue weighted by Crippen LogP contribution is -2.07. The van der Waals surface area contributed by atoms with Gasteiger partial charge in [-0.1, -0.05) is 0 Å². The molecule has 2 N–H and O–H groups in total. The molecule has 0 aliphatic rings. The van der Waals surface area contributed by atoms with E-state index in [1.165, 1.54) is 0 Å². The Morgan fingerprint density at radius 1 is 1.53 bits per heavy atom. The molecule has 1 heterocycles.